The van der Waals surface area contributed by atoms with Gasteiger partial charge in [-0.1, -0.05) is 30.3 Å². The number of ether oxygens (including phenoxy) is 1. The minimum atomic E-state index is -0.521. The fraction of sp³-hybridized carbons (Fsp3) is 0.533. The maximum absolute atomic E-state index is 12.5. The Bertz CT molecular complexity index is 399. The van der Waals surface area contributed by atoms with Crippen molar-refractivity contribution < 1.29 is 14.6 Å². The summed E-state index contributed by atoms with van der Waals surface area (Å²) in [5, 5.41) is 9.12. The smallest absolute Gasteiger partial charge is 0.256 e. The van der Waals surface area contributed by atoms with Crippen molar-refractivity contribution in [2.75, 3.05) is 26.8 Å². The van der Waals surface area contributed by atoms with Gasteiger partial charge in [0, 0.05) is 26.8 Å². The normalized spacial score (nSPS) is 18.3. The molecule has 1 amide bonds. The summed E-state index contributed by atoms with van der Waals surface area (Å²) in [6, 6.07) is 9.56. The van der Waals surface area contributed by atoms with Crippen molar-refractivity contribution in [1.29, 1.82) is 0 Å². The van der Waals surface area contributed by atoms with Gasteiger partial charge in [0.1, 0.15) is 0 Å². The Morgan fingerprint density at radius 1 is 1.37 bits per heavy atom. The summed E-state index contributed by atoms with van der Waals surface area (Å²) in [7, 11) is 1.57. The molecule has 1 fully saturated rings. The van der Waals surface area contributed by atoms with Crippen molar-refractivity contribution in [2.45, 2.75) is 18.9 Å². The number of amides is 1. The Labute approximate surface area is 114 Å². The molecule has 1 aromatic rings. The van der Waals surface area contributed by atoms with E-state index >= 15 is 0 Å². The quantitative estimate of drug-likeness (QED) is 0.897. The molecule has 104 valence electrons. The fourth-order valence-corrected chi connectivity index (χ4v) is 2.51. The zero-order chi connectivity index (χ0) is 13.7. The van der Waals surface area contributed by atoms with Gasteiger partial charge in [0.05, 0.1) is 0 Å². The predicted molar refractivity (Wildman–Crippen MR) is 72.6 cm³/mol. The first-order chi connectivity index (χ1) is 9.26. The van der Waals surface area contributed by atoms with Crippen molar-refractivity contribution in [3.05, 3.63) is 35.9 Å². The van der Waals surface area contributed by atoms with E-state index in [-0.39, 0.29) is 12.5 Å². The Kier molecular flexibility index (Phi) is 4.93. The third-order valence-corrected chi connectivity index (χ3v) is 3.75. The molecule has 1 atom stereocenters. The summed E-state index contributed by atoms with van der Waals surface area (Å²) in [5.74, 6) is 0.354. The predicted octanol–water partition coefficient (Wildman–Crippen LogP) is 1.61. The molecule has 19 heavy (non-hydrogen) atoms. The van der Waals surface area contributed by atoms with Gasteiger partial charge in [-0.25, -0.2) is 0 Å². The van der Waals surface area contributed by atoms with Gasteiger partial charge in [0.15, 0.2) is 6.10 Å². The summed E-state index contributed by atoms with van der Waals surface area (Å²) < 4.78 is 5.36. The van der Waals surface area contributed by atoms with E-state index in [2.05, 4.69) is 0 Å². The first kappa shape index (κ1) is 14.0. The molecule has 1 heterocycles. The van der Waals surface area contributed by atoms with E-state index in [1.165, 1.54) is 0 Å². The molecule has 2 rings (SSSR count). The van der Waals surface area contributed by atoms with Crippen LogP contribution in [0.1, 0.15) is 24.5 Å². The molecular formula is C15H21NO3. The zero-order valence-corrected chi connectivity index (χ0v) is 11.3. The molecule has 1 saturated heterocycles. The second-order valence-corrected chi connectivity index (χ2v) is 4.98. The van der Waals surface area contributed by atoms with Crippen LogP contribution in [0.2, 0.25) is 0 Å². The molecule has 1 aliphatic rings. The van der Waals surface area contributed by atoms with E-state index in [0.29, 0.717) is 19.0 Å². The zero-order valence-electron chi connectivity index (χ0n) is 11.3. The number of hydrogen-bond acceptors (Lipinski definition) is 3. The Morgan fingerprint density at radius 3 is 2.53 bits per heavy atom. The standard InChI is InChI=1S/C15H21NO3/c1-19-14(13-5-3-2-4-6-13)15(18)16-9-7-12(11-17)8-10-16/h2-6,12,14,17H,7-11H2,1H3. The summed E-state index contributed by atoms with van der Waals surface area (Å²) in [4.78, 5) is 14.3. The molecule has 1 aromatic carbocycles. The fourth-order valence-electron chi connectivity index (χ4n) is 2.51. The second-order valence-electron chi connectivity index (χ2n) is 4.98. The molecule has 4 nitrogen and oxygen atoms in total. The van der Waals surface area contributed by atoms with Crippen LogP contribution in [0.3, 0.4) is 0 Å². The highest BCUT2D eigenvalue weighted by Crippen LogP contribution is 2.23. The topological polar surface area (TPSA) is 49.8 Å². The van der Waals surface area contributed by atoms with Gasteiger partial charge in [-0.2, -0.15) is 0 Å². The van der Waals surface area contributed by atoms with Crippen LogP contribution < -0.4 is 0 Å². The van der Waals surface area contributed by atoms with Gasteiger partial charge in [-0.15, -0.1) is 0 Å². The average Bonchev–Trinajstić information content (AvgIpc) is 2.49. The van der Waals surface area contributed by atoms with Crippen LogP contribution >= 0.6 is 0 Å². The lowest BCUT2D eigenvalue weighted by Gasteiger charge is -2.33. The first-order valence-corrected chi connectivity index (χ1v) is 6.73. The van der Waals surface area contributed by atoms with Gasteiger partial charge >= 0.3 is 0 Å². The van der Waals surface area contributed by atoms with Crippen molar-refractivity contribution >= 4 is 5.91 Å². The van der Waals surface area contributed by atoms with Crippen molar-refractivity contribution in [1.82, 2.24) is 4.90 Å². The molecular weight excluding hydrogens is 242 g/mol. The highest BCUT2D eigenvalue weighted by molar-refractivity contribution is 5.82. The lowest BCUT2D eigenvalue weighted by atomic mass is 9.97. The molecule has 0 bridgehead atoms. The van der Waals surface area contributed by atoms with E-state index in [1.807, 2.05) is 35.2 Å². The minimum Gasteiger partial charge on any atom is -0.396 e. The Balaban J connectivity index is 2.02. The van der Waals surface area contributed by atoms with E-state index in [0.717, 1.165) is 18.4 Å². The van der Waals surface area contributed by atoms with E-state index in [4.69, 9.17) is 9.84 Å². The van der Waals surface area contributed by atoms with Gasteiger partial charge in [-0.05, 0) is 24.3 Å². The third kappa shape index (κ3) is 3.33. The number of benzene rings is 1. The van der Waals surface area contributed by atoms with Crippen LogP contribution in [0.4, 0.5) is 0 Å². The monoisotopic (exact) mass is 263 g/mol. The number of likely N-dealkylation sites (tertiary alicyclic amines) is 1. The second kappa shape index (κ2) is 6.68. The van der Waals surface area contributed by atoms with E-state index in [1.54, 1.807) is 7.11 Å². The number of hydrogen-bond donors (Lipinski definition) is 1. The van der Waals surface area contributed by atoms with Crippen LogP contribution in [-0.4, -0.2) is 42.7 Å². The Morgan fingerprint density at radius 2 is 2.00 bits per heavy atom. The number of piperidine rings is 1. The van der Waals surface area contributed by atoms with Crippen LogP contribution in [0.15, 0.2) is 30.3 Å². The molecule has 1 N–H and O–H groups in total. The lowest BCUT2D eigenvalue weighted by molar-refractivity contribution is -0.144. The van der Waals surface area contributed by atoms with Crippen molar-refractivity contribution in [2.24, 2.45) is 5.92 Å². The summed E-state index contributed by atoms with van der Waals surface area (Å²) in [5.41, 5.74) is 0.888. The molecule has 0 radical (unpaired) electrons. The van der Waals surface area contributed by atoms with Crippen molar-refractivity contribution in [3.63, 3.8) is 0 Å². The number of methoxy groups -OCH3 is 1. The molecule has 4 heteroatoms. The highest BCUT2D eigenvalue weighted by Gasteiger charge is 2.28. The molecule has 0 saturated carbocycles. The molecule has 0 aliphatic carbocycles. The van der Waals surface area contributed by atoms with E-state index < -0.39 is 6.10 Å². The largest absolute Gasteiger partial charge is 0.396 e. The first-order valence-electron chi connectivity index (χ1n) is 6.73. The maximum atomic E-state index is 12.5. The average molecular weight is 263 g/mol. The SMILES string of the molecule is COC(C(=O)N1CCC(CO)CC1)c1ccccc1. The third-order valence-electron chi connectivity index (χ3n) is 3.75. The van der Waals surface area contributed by atoms with Gasteiger partial charge in [0.2, 0.25) is 0 Å². The minimum absolute atomic E-state index is 0.0186. The Hall–Kier alpha value is -1.39. The number of aliphatic hydroxyl groups excluding tert-OH is 1. The number of aliphatic hydroxyl groups is 1. The van der Waals surface area contributed by atoms with E-state index in [9.17, 15) is 4.79 Å². The number of nitrogens with zero attached hydrogens (tertiary/aromatic N) is 1. The highest BCUT2D eigenvalue weighted by atomic mass is 16.5. The molecule has 0 spiro atoms. The van der Waals surface area contributed by atoms with Gasteiger partial charge in [0.25, 0.3) is 5.91 Å². The summed E-state index contributed by atoms with van der Waals surface area (Å²) in [6.45, 7) is 1.63. The molecule has 1 unspecified atom stereocenters. The van der Waals surface area contributed by atoms with Gasteiger partial charge in [-0.3, -0.25) is 4.79 Å². The lowest BCUT2D eigenvalue weighted by Crippen LogP contribution is -2.42. The number of carbonyl (C=O) groups is 1. The molecule has 0 aromatic heterocycles. The summed E-state index contributed by atoms with van der Waals surface area (Å²) >= 11 is 0. The molecule has 1 aliphatic heterocycles. The van der Waals surface area contributed by atoms with Gasteiger partial charge < -0.3 is 14.7 Å². The van der Waals surface area contributed by atoms with Crippen LogP contribution in [0.5, 0.6) is 0 Å². The number of carbonyl (C=O) groups excluding carboxylic acids is 1. The maximum Gasteiger partial charge on any atom is 0.256 e. The van der Waals surface area contributed by atoms with Crippen molar-refractivity contribution in [3.8, 4) is 0 Å². The van der Waals surface area contributed by atoms with Crippen LogP contribution in [0.25, 0.3) is 0 Å². The summed E-state index contributed by atoms with van der Waals surface area (Å²) in [6.07, 6.45) is 1.22. The number of rotatable bonds is 4. The van der Waals surface area contributed by atoms with Crippen LogP contribution in [0, 0.1) is 5.92 Å². The van der Waals surface area contributed by atoms with Crippen LogP contribution in [-0.2, 0) is 9.53 Å².